The molecule has 0 aliphatic carbocycles. The molecule has 2 N–H and O–H groups in total. The molecule has 2 aromatic rings. The molecule has 0 spiro atoms. The number of carbonyl (C=O) groups excluding carboxylic acids is 1. The van der Waals surface area contributed by atoms with Crippen molar-refractivity contribution in [3.05, 3.63) is 37.4 Å². The second-order valence-electron chi connectivity index (χ2n) is 3.32. The van der Waals surface area contributed by atoms with E-state index < -0.39 is 0 Å². The van der Waals surface area contributed by atoms with Gasteiger partial charge in [-0.05, 0) is 37.9 Å². The van der Waals surface area contributed by atoms with Gasteiger partial charge in [0.05, 0.1) is 15.0 Å². The Hall–Kier alpha value is -0.660. The summed E-state index contributed by atoms with van der Waals surface area (Å²) < 4.78 is 1.83. The second-order valence-corrected chi connectivity index (χ2v) is 6.54. The third kappa shape index (κ3) is 3.40. The van der Waals surface area contributed by atoms with Crippen LogP contribution in [0.1, 0.15) is 15.4 Å². The predicted octanol–water partition coefficient (Wildman–Crippen LogP) is 2.97. The van der Waals surface area contributed by atoms with Crippen LogP contribution in [-0.2, 0) is 6.42 Å². The molecule has 0 radical (unpaired) electrons. The first-order chi connectivity index (χ1) is 8.16. The first-order valence-electron chi connectivity index (χ1n) is 4.87. The number of rotatable bonds is 4. The highest BCUT2D eigenvalue weighted by Crippen LogP contribution is 2.32. The molecule has 0 aromatic carbocycles. The largest absolute Gasteiger partial charge is 0.351 e. The van der Waals surface area contributed by atoms with Crippen LogP contribution >= 0.6 is 43.2 Å². The number of imidazole rings is 1. The first kappa shape index (κ1) is 12.8. The van der Waals surface area contributed by atoms with E-state index in [4.69, 9.17) is 0 Å². The Morgan fingerprint density at radius 3 is 2.94 bits per heavy atom. The van der Waals surface area contributed by atoms with Crippen molar-refractivity contribution in [2.24, 2.45) is 0 Å². The summed E-state index contributed by atoms with van der Waals surface area (Å²) in [5.41, 5.74) is 1.01. The maximum atomic E-state index is 11.8. The fourth-order valence-corrected chi connectivity index (χ4v) is 3.23. The van der Waals surface area contributed by atoms with Gasteiger partial charge in [0.25, 0.3) is 5.91 Å². The van der Waals surface area contributed by atoms with Crippen LogP contribution in [0.3, 0.4) is 0 Å². The normalized spacial score (nSPS) is 10.5. The summed E-state index contributed by atoms with van der Waals surface area (Å²) in [7, 11) is 0. The van der Waals surface area contributed by atoms with Crippen molar-refractivity contribution in [3.8, 4) is 0 Å². The average molecular weight is 379 g/mol. The maximum absolute atomic E-state index is 11.8. The number of amides is 1. The van der Waals surface area contributed by atoms with Crippen LogP contribution in [0.5, 0.6) is 0 Å². The topological polar surface area (TPSA) is 57.8 Å². The predicted molar refractivity (Wildman–Crippen MR) is 74.3 cm³/mol. The highest BCUT2D eigenvalue weighted by molar-refractivity contribution is 9.13. The van der Waals surface area contributed by atoms with Crippen molar-refractivity contribution in [2.75, 3.05) is 6.54 Å². The van der Waals surface area contributed by atoms with Crippen molar-refractivity contribution in [1.82, 2.24) is 15.3 Å². The van der Waals surface area contributed by atoms with Crippen molar-refractivity contribution in [3.63, 3.8) is 0 Å². The van der Waals surface area contributed by atoms with E-state index in [0.717, 1.165) is 20.4 Å². The van der Waals surface area contributed by atoms with Crippen molar-refractivity contribution in [2.45, 2.75) is 6.42 Å². The number of nitrogens with one attached hydrogen (secondary N) is 2. The molecule has 0 fully saturated rings. The molecule has 7 heteroatoms. The lowest BCUT2D eigenvalue weighted by atomic mass is 10.3. The number of aromatic nitrogens is 2. The van der Waals surface area contributed by atoms with Gasteiger partial charge in [-0.3, -0.25) is 4.79 Å². The Bertz CT molecular complexity index is 490. The Balaban J connectivity index is 1.85. The molecule has 0 unspecified atom stereocenters. The molecule has 0 saturated carbocycles. The molecule has 90 valence electrons. The Kier molecular flexibility index (Phi) is 4.36. The van der Waals surface area contributed by atoms with Gasteiger partial charge in [-0.15, -0.1) is 11.3 Å². The lowest BCUT2D eigenvalue weighted by Gasteiger charge is -2.01. The third-order valence-corrected chi connectivity index (χ3v) is 5.36. The fourth-order valence-electron chi connectivity index (χ4n) is 1.28. The van der Waals surface area contributed by atoms with E-state index in [9.17, 15) is 4.79 Å². The van der Waals surface area contributed by atoms with Crippen molar-refractivity contribution < 1.29 is 4.79 Å². The fraction of sp³-hybridized carbons (Fsp3) is 0.200. The second kappa shape index (κ2) is 5.79. The summed E-state index contributed by atoms with van der Waals surface area (Å²) in [5.74, 6) is -0.0547. The van der Waals surface area contributed by atoms with E-state index in [1.165, 1.54) is 11.3 Å². The van der Waals surface area contributed by atoms with E-state index in [2.05, 4.69) is 47.1 Å². The molecule has 2 aromatic heterocycles. The minimum absolute atomic E-state index is 0.0547. The quantitative estimate of drug-likeness (QED) is 0.859. The number of hydrogen-bond donors (Lipinski definition) is 2. The van der Waals surface area contributed by atoms with Crippen LogP contribution in [0.25, 0.3) is 0 Å². The van der Waals surface area contributed by atoms with Crippen LogP contribution in [0.2, 0.25) is 0 Å². The number of halogens is 2. The molecule has 0 saturated heterocycles. The Morgan fingerprint density at radius 2 is 2.35 bits per heavy atom. The highest BCUT2D eigenvalue weighted by atomic mass is 79.9. The van der Waals surface area contributed by atoms with Gasteiger partial charge in [0.2, 0.25) is 0 Å². The maximum Gasteiger partial charge on any atom is 0.261 e. The Labute approximate surface area is 119 Å². The van der Waals surface area contributed by atoms with E-state index >= 15 is 0 Å². The zero-order chi connectivity index (χ0) is 12.3. The number of nitrogens with zero attached hydrogens (tertiary/aromatic N) is 1. The first-order valence-corrected chi connectivity index (χ1v) is 7.27. The summed E-state index contributed by atoms with van der Waals surface area (Å²) in [4.78, 5) is 19.4. The molecule has 1 amide bonds. The summed E-state index contributed by atoms with van der Waals surface area (Å²) in [6.07, 6.45) is 4.13. The van der Waals surface area contributed by atoms with Gasteiger partial charge in [-0.1, -0.05) is 0 Å². The molecular formula is C10H9Br2N3OS. The van der Waals surface area contributed by atoms with Gasteiger partial charge in [-0.2, -0.15) is 0 Å². The minimum Gasteiger partial charge on any atom is -0.351 e. The molecule has 0 aliphatic rings. The molecule has 17 heavy (non-hydrogen) atoms. The number of thiophene rings is 1. The molecule has 2 heterocycles. The van der Waals surface area contributed by atoms with Gasteiger partial charge in [0, 0.05) is 29.3 Å². The monoisotopic (exact) mass is 377 g/mol. The summed E-state index contributed by atoms with van der Waals surface area (Å²) in [6.45, 7) is 0.591. The number of hydrogen-bond acceptors (Lipinski definition) is 3. The van der Waals surface area contributed by atoms with Gasteiger partial charge < -0.3 is 10.3 Å². The molecule has 4 nitrogen and oxygen atoms in total. The van der Waals surface area contributed by atoms with Gasteiger partial charge in [-0.25, -0.2) is 4.98 Å². The Morgan fingerprint density at radius 1 is 1.53 bits per heavy atom. The third-order valence-electron chi connectivity index (χ3n) is 2.10. The van der Waals surface area contributed by atoms with Crippen LogP contribution in [0.4, 0.5) is 0 Å². The van der Waals surface area contributed by atoms with Crippen LogP contribution in [0, 0.1) is 0 Å². The lowest BCUT2D eigenvalue weighted by Crippen LogP contribution is -2.24. The van der Waals surface area contributed by atoms with Gasteiger partial charge >= 0.3 is 0 Å². The molecule has 0 atom stereocenters. The van der Waals surface area contributed by atoms with E-state index in [1.807, 2.05) is 0 Å². The minimum atomic E-state index is -0.0547. The molecular weight excluding hydrogens is 370 g/mol. The number of H-pyrrole nitrogens is 1. The van der Waals surface area contributed by atoms with Crippen LogP contribution < -0.4 is 5.32 Å². The van der Waals surface area contributed by atoms with Gasteiger partial charge in [0.15, 0.2) is 0 Å². The molecule has 0 aliphatic heterocycles. The van der Waals surface area contributed by atoms with Crippen LogP contribution in [0.15, 0.2) is 26.8 Å². The molecule has 0 bridgehead atoms. The number of aromatic amines is 1. The molecule has 2 rings (SSSR count). The smallest absolute Gasteiger partial charge is 0.261 e. The SMILES string of the molecule is O=C(NCCc1cnc[nH]1)c1cc(Br)c(Br)s1. The highest BCUT2D eigenvalue weighted by Gasteiger charge is 2.11. The summed E-state index contributed by atoms with van der Waals surface area (Å²) in [6, 6.07) is 1.81. The average Bonchev–Trinajstić information content (AvgIpc) is 2.90. The van der Waals surface area contributed by atoms with E-state index in [1.54, 1.807) is 18.6 Å². The van der Waals surface area contributed by atoms with Crippen molar-refractivity contribution in [1.29, 1.82) is 0 Å². The zero-order valence-electron chi connectivity index (χ0n) is 8.67. The van der Waals surface area contributed by atoms with E-state index in [0.29, 0.717) is 11.4 Å². The van der Waals surface area contributed by atoms with Crippen molar-refractivity contribution >= 4 is 49.1 Å². The standard InChI is InChI=1S/C10H9Br2N3OS/c11-7-3-8(17-9(7)12)10(16)14-2-1-6-4-13-5-15-6/h3-5H,1-2H2,(H,13,15)(H,14,16). The summed E-state index contributed by atoms with van der Waals surface area (Å²) in [5, 5.41) is 2.86. The zero-order valence-corrected chi connectivity index (χ0v) is 12.7. The van der Waals surface area contributed by atoms with E-state index in [-0.39, 0.29) is 5.91 Å². The summed E-state index contributed by atoms with van der Waals surface area (Å²) >= 11 is 8.12. The van der Waals surface area contributed by atoms with Crippen LogP contribution in [-0.4, -0.2) is 22.4 Å². The van der Waals surface area contributed by atoms with Gasteiger partial charge in [0.1, 0.15) is 0 Å². The number of carbonyl (C=O) groups is 1. The lowest BCUT2D eigenvalue weighted by molar-refractivity contribution is 0.0958.